The quantitative estimate of drug-likeness (QED) is 0.496. The highest BCUT2D eigenvalue weighted by Crippen LogP contribution is 2.28. The van der Waals surface area contributed by atoms with Gasteiger partial charge in [-0.2, -0.15) is 0 Å². The van der Waals surface area contributed by atoms with Crippen molar-refractivity contribution < 1.29 is 8.42 Å². The van der Waals surface area contributed by atoms with Crippen LogP contribution in [0.25, 0.3) is 11.0 Å². The van der Waals surface area contributed by atoms with E-state index in [0.29, 0.717) is 35.0 Å². The minimum Gasteiger partial charge on any atom is -0.382 e. The molecule has 2 heterocycles. The molecule has 0 saturated carbocycles. The van der Waals surface area contributed by atoms with Crippen LogP contribution in [-0.4, -0.2) is 28.7 Å². The molecular formula is C20H25Cl2N5O2S. The number of sulfonamides is 1. The predicted molar refractivity (Wildman–Crippen MR) is 124 cm³/mol. The lowest BCUT2D eigenvalue weighted by molar-refractivity contribution is 0.588. The number of imidazole rings is 1. The van der Waals surface area contributed by atoms with Crippen LogP contribution in [0.5, 0.6) is 0 Å². The Labute approximate surface area is 186 Å². The molecule has 0 bridgehead atoms. The lowest BCUT2D eigenvalue weighted by Gasteiger charge is -2.13. The highest BCUT2D eigenvalue weighted by Gasteiger charge is 2.18. The zero-order valence-electron chi connectivity index (χ0n) is 17.2. The summed E-state index contributed by atoms with van der Waals surface area (Å²) in [4.78, 5) is 9.06. The van der Waals surface area contributed by atoms with Gasteiger partial charge in [-0.25, -0.2) is 18.4 Å². The van der Waals surface area contributed by atoms with Crippen LogP contribution in [0.2, 0.25) is 10.0 Å². The van der Waals surface area contributed by atoms with Gasteiger partial charge in [0.15, 0.2) is 5.82 Å². The number of anilines is 2. The van der Waals surface area contributed by atoms with Crippen molar-refractivity contribution in [3.05, 3.63) is 45.3 Å². The van der Waals surface area contributed by atoms with Crippen molar-refractivity contribution in [2.75, 3.05) is 16.2 Å². The van der Waals surface area contributed by atoms with E-state index in [1.807, 2.05) is 13.8 Å². The SMILES string of the molecule is CCCc1nc2c(N)nc(C)c(C)c2n1CCCS(=O)(=O)Nc1ccc(Cl)cc1Cl. The number of nitrogen functional groups attached to an aromatic ring is 1. The molecule has 3 N–H and O–H groups in total. The van der Waals surface area contributed by atoms with Gasteiger partial charge in [-0.15, -0.1) is 0 Å². The van der Waals surface area contributed by atoms with Gasteiger partial charge >= 0.3 is 0 Å². The molecule has 7 nitrogen and oxygen atoms in total. The van der Waals surface area contributed by atoms with Gasteiger partial charge in [-0.1, -0.05) is 30.1 Å². The molecule has 3 rings (SSSR count). The number of nitrogens with two attached hydrogens (primary N) is 1. The monoisotopic (exact) mass is 469 g/mol. The smallest absolute Gasteiger partial charge is 0.232 e. The Kier molecular flexibility index (Phi) is 6.79. The summed E-state index contributed by atoms with van der Waals surface area (Å²) < 4.78 is 29.7. The lowest BCUT2D eigenvalue weighted by atomic mass is 10.2. The molecule has 0 radical (unpaired) electrons. The third-order valence-corrected chi connectivity index (χ3v) is 6.85. The number of benzene rings is 1. The van der Waals surface area contributed by atoms with E-state index in [0.717, 1.165) is 35.4 Å². The number of aromatic nitrogens is 3. The van der Waals surface area contributed by atoms with Crippen LogP contribution in [-0.2, 0) is 23.0 Å². The number of fused-ring (bicyclic) bond motifs is 1. The second kappa shape index (κ2) is 8.99. The predicted octanol–water partition coefficient (Wildman–Crippen LogP) is 4.72. The average molecular weight is 470 g/mol. The fourth-order valence-electron chi connectivity index (χ4n) is 3.41. The summed E-state index contributed by atoms with van der Waals surface area (Å²) in [6.07, 6.45) is 2.10. The number of hydrogen-bond donors (Lipinski definition) is 2. The standard InChI is InChI=1S/C20H25Cl2N5O2S/c1-4-6-17-25-18-19(12(2)13(3)24-20(18)23)27(17)9-5-10-30(28,29)26-16-8-7-14(21)11-15(16)22/h7-8,11,26H,4-6,9-10H2,1-3H3,(H2,23,24). The molecule has 30 heavy (non-hydrogen) atoms. The first-order valence-electron chi connectivity index (χ1n) is 9.70. The lowest BCUT2D eigenvalue weighted by Crippen LogP contribution is -2.18. The highest BCUT2D eigenvalue weighted by atomic mass is 35.5. The number of aryl methyl sites for hydroxylation is 4. The first-order chi connectivity index (χ1) is 14.1. The largest absolute Gasteiger partial charge is 0.382 e. The van der Waals surface area contributed by atoms with Crippen molar-refractivity contribution in [2.45, 2.75) is 46.6 Å². The van der Waals surface area contributed by atoms with Crippen LogP contribution in [0, 0.1) is 13.8 Å². The molecule has 0 unspecified atom stereocenters. The highest BCUT2D eigenvalue weighted by molar-refractivity contribution is 7.92. The van der Waals surface area contributed by atoms with Crippen LogP contribution in [0.1, 0.15) is 36.8 Å². The van der Waals surface area contributed by atoms with Gasteiger partial charge in [0.05, 0.1) is 22.0 Å². The summed E-state index contributed by atoms with van der Waals surface area (Å²) in [5, 5.41) is 0.698. The summed E-state index contributed by atoms with van der Waals surface area (Å²) >= 11 is 11.9. The third kappa shape index (κ3) is 4.82. The van der Waals surface area contributed by atoms with Crippen molar-refractivity contribution in [3.63, 3.8) is 0 Å². The van der Waals surface area contributed by atoms with Gasteiger partial charge in [0.25, 0.3) is 0 Å². The molecule has 162 valence electrons. The van der Waals surface area contributed by atoms with Crippen LogP contribution in [0.4, 0.5) is 11.5 Å². The Morgan fingerprint density at radius 3 is 2.60 bits per heavy atom. The number of nitrogens with zero attached hydrogens (tertiary/aromatic N) is 3. The van der Waals surface area contributed by atoms with Gasteiger partial charge in [0.2, 0.25) is 10.0 Å². The zero-order valence-corrected chi connectivity index (χ0v) is 19.5. The number of pyridine rings is 1. The number of rotatable bonds is 8. The summed E-state index contributed by atoms with van der Waals surface area (Å²) in [6.45, 7) is 6.48. The minimum absolute atomic E-state index is 0.0597. The summed E-state index contributed by atoms with van der Waals surface area (Å²) in [6, 6.07) is 4.63. The maximum atomic E-state index is 12.6. The van der Waals surface area contributed by atoms with Gasteiger partial charge in [-0.05, 0) is 50.5 Å². The zero-order chi connectivity index (χ0) is 22.1. The Morgan fingerprint density at radius 2 is 1.93 bits per heavy atom. The third-order valence-electron chi connectivity index (χ3n) is 4.94. The molecule has 2 aromatic heterocycles. The number of hydrogen-bond acceptors (Lipinski definition) is 5. The topological polar surface area (TPSA) is 103 Å². The maximum absolute atomic E-state index is 12.6. The van der Waals surface area contributed by atoms with Gasteiger partial charge in [0, 0.05) is 23.7 Å². The summed E-state index contributed by atoms with van der Waals surface area (Å²) in [5.74, 6) is 1.23. The molecule has 0 aliphatic carbocycles. The molecule has 0 spiro atoms. The molecule has 10 heteroatoms. The summed E-state index contributed by atoms with van der Waals surface area (Å²) in [5.41, 5.74) is 9.86. The molecule has 0 aliphatic heterocycles. The Balaban J connectivity index is 1.82. The van der Waals surface area contributed by atoms with Crippen LogP contribution >= 0.6 is 23.2 Å². The first-order valence-corrected chi connectivity index (χ1v) is 12.1. The van der Waals surface area contributed by atoms with E-state index in [1.54, 1.807) is 12.1 Å². The fraction of sp³-hybridized carbons (Fsp3) is 0.400. The fourth-order valence-corrected chi connectivity index (χ4v) is 5.04. The van der Waals surface area contributed by atoms with Gasteiger partial charge in [0.1, 0.15) is 11.3 Å². The van der Waals surface area contributed by atoms with Crippen molar-refractivity contribution in [1.82, 2.24) is 14.5 Å². The number of nitrogens with one attached hydrogen (secondary N) is 1. The molecule has 0 amide bonds. The van der Waals surface area contributed by atoms with E-state index in [-0.39, 0.29) is 10.8 Å². The van der Waals surface area contributed by atoms with Crippen molar-refractivity contribution in [1.29, 1.82) is 0 Å². The van der Waals surface area contributed by atoms with Crippen LogP contribution in [0.3, 0.4) is 0 Å². The van der Waals surface area contributed by atoms with E-state index in [2.05, 4.69) is 26.2 Å². The van der Waals surface area contributed by atoms with E-state index < -0.39 is 10.0 Å². The van der Waals surface area contributed by atoms with E-state index in [9.17, 15) is 8.42 Å². The normalized spacial score (nSPS) is 11.9. The Morgan fingerprint density at radius 1 is 1.20 bits per heavy atom. The second-order valence-electron chi connectivity index (χ2n) is 7.23. The Hall–Kier alpha value is -2.03. The molecule has 0 fully saturated rings. The minimum atomic E-state index is -3.58. The van der Waals surface area contributed by atoms with Gasteiger partial charge < -0.3 is 10.3 Å². The molecular weight excluding hydrogens is 445 g/mol. The van der Waals surface area contributed by atoms with Crippen molar-refractivity contribution >= 4 is 55.8 Å². The Bertz CT molecular complexity index is 1190. The van der Waals surface area contributed by atoms with E-state index in [1.165, 1.54) is 6.07 Å². The summed E-state index contributed by atoms with van der Waals surface area (Å²) in [7, 11) is -3.58. The molecule has 0 saturated heterocycles. The van der Waals surface area contributed by atoms with Crippen LogP contribution in [0.15, 0.2) is 18.2 Å². The molecule has 1 aromatic carbocycles. The van der Waals surface area contributed by atoms with Crippen molar-refractivity contribution in [3.8, 4) is 0 Å². The number of halogens is 2. The molecule has 3 aromatic rings. The maximum Gasteiger partial charge on any atom is 0.232 e. The molecule has 0 atom stereocenters. The van der Waals surface area contributed by atoms with E-state index in [4.69, 9.17) is 28.9 Å². The van der Waals surface area contributed by atoms with Crippen LogP contribution < -0.4 is 10.5 Å². The van der Waals surface area contributed by atoms with Gasteiger partial charge in [-0.3, -0.25) is 4.72 Å². The second-order valence-corrected chi connectivity index (χ2v) is 9.92. The average Bonchev–Trinajstić information content (AvgIpc) is 3.01. The first kappa shape index (κ1) is 22.7. The van der Waals surface area contributed by atoms with Crippen molar-refractivity contribution in [2.24, 2.45) is 0 Å². The molecule has 0 aliphatic rings. The van der Waals surface area contributed by atoms with E-state index >= 15 is 0 Å².